The van der Waals surface area contributed by atoms with E-state index in [2.05, 4.69) is 5.32 Å². The van der Waals surface area contributed by atoms with Crippen LogP contribution in [0.5, 0.6) is 0 Å². The Balaban J connectivity index is 2.06. The number of rotatable bonds is 4. The molecule has 25 heavy (non-hydrogen) atoms. The average Bonchev–Trinajstić information content (AvgIpc) is 2.62. The molecule has 0 saturated heterocycles. The number of hydrogen-bond acceptors (Lipinski definition) is 3. The molecule has 6 nitrogen and oxygen atoms in total. The summed E-state index contributed by atoms with van der Waals surface area (Å²) in [6, 6.07) is 13.6. The minimum Gasteiger partial charge on any atom is -0.392 e. The quantitative estimate of drug-likeness (QED) is 0.793. The molecule has 2 aromatic rings. The summed E-state index contributed by atoms with van der Waals surface area (Å²) in [5.74, 6) is -0.210. The third-order valence-corrected chi connectivity index (χ3v) is 4.54. The molecule has 6 heteroatoms. The molecule has 0 saturated carbocycles. The highest BCUT2D eigenvalue weighted by molar-refractivity contribution is 6.02. The Bertz CT molecular complexity index is 792. The lowest BCUT2D eigenvalue weighted by atomic mass is 9.93. The number of nitrogens with two attached hydrogens (primary N) is 1. The van der Waals surface area contributed by atoms with Gasteiger partial charge in [0.05, 0.1) is 12.6 Å². The second-order valence-electron chi connectivity index (χ2n) is 6.18. The van der Waals surface area contributed by atoms with Crippen molar-refractivity contribution in [1.29, 1.82) is 0 Å². The Morgan fingerprint density at radius 3 is 2.68 bits per heavy atom. The number of nitrogens with zero attached hydrogens (tertiary/aromatic N) is 1. The van der Waals surface area contributed by atoms with E-state index in [1.807, 2.05) is 55.5 Å². The number of primary amides is 1. The molecule has 0 unspecified atom stereocenters. The van der Waals surface area contributed by atoms with Crippen LogP contribution in [0.3, 0.4) is 0 Å². The SMILES string of the molecule is C[C@@H](c1ccccc1)N1C(=O)[C@H](NC(N)=O)Cc2ccc(CO)cc21. The summed E-state index contributed by atoms with van der Waals surface area (Å²) in [5.41, 5.74) is 8.64. The highest BCUT2D eigenvalue weighted by atomic mass is 16.3. The van der Waals surface area contributed by atoms with Crippen molar-refractivity contribution in [1.82, 2.24) is 5.32 Å². The number of urea groups is 1. The van der Waals surface area contributed by atoms with Crippen LogP contribution < -0.4 is 16.0 Å². The van der Waals surface area contributed by atoms with Gasteiger partial charge >= 0.3 is 6.03 Å². The number of benzene rings is 2. The van der Waals surface area contributed by atoms with Gasteiger partial charge in [-0.15, -0.1) is 0 Å². The van der Waals surface area contributed by atoms with Crippen molar-refractivity contribution in [2.75, 3.05) is 4.90 Å². The topological polar surface area (TPSA) is 95.7 Å². The van der Waals surface area contributed by atoms with Crippen LogP contribution in [0.2, 0.25) is 0 Å². The van der Waals surface area contributed by atoms with E-state index in [1.165, 1.54) is 0 Å². The minimum atomic E-state index is -0.721. The maximum atomic E-state index is 13.0. The molecular formula is C19H21N3O3. The Morgan fingerprint density at radius 2 is 2.04 bits per heavy atom. The molecule has 3 amide bonds. The first-order chi connectivity index (χ1) is 12.0. The van der Waals surface area contributed by atoms with Crippen molar-refractivity contribution in [2.24, 2.45) is 5.73 Å². The van der Waals surface area contributed by atoms with E-state index in [-0.39, 0.29) is 18.6 Å². The summed E-state index contributed by atoms with van der Waals surface area (Å²) < 4.78 is 0. The molecule has 2 aromatic carbocycles. The van der Waals surface area contributed by atoms with E-state index in [9.17, 15) is 14.7 Å². The molecule has 4 N–H and O–H groups in total. The number of carbonyl (C=O) groups is 2. The maximum Gasteiger partial charge on any atom is 0.312 e. The first-order valence-corrected chi connectivity index (χ1v) is 8.18. The number of fused-ring (bicyclic) bond motifs is 1. The van der Waals surface area contributed by atoms with Crippen LogP contribution in [0.25, 0.3) is 0 Å². The fraction of sp³-hybridized carbons (Fsp3) is 0.263. The fourth-order valence-electron chi connectivity index (χ4n) is 3.26. The molecule has 1 aliphatic heterocycles. The predicted octanol–water partition coefficient (Wildman–Crippen LogP) is 1.87. The minimum absolute atomic E-state index is 0.0992. The molecule has 1 heterocycles. The fourth-order valence-corrected chi connectivity index (χ4v) is 3.26. The number of aliphatic hydroxyl groups excluding tert-OH is 1. The van der Waals surface area contributed by atoms with Gasteiger partial charge < -0.3 is 21.1 Å². The lowest BCUT2D eigenvalue weighted by Gasteiger charge is -2.38. The van der Waals surface area contributed by atoms with Gasteiger partial charge in [0.15, 0.2) is 0 Å². The summed E-state index contributed by atoms with van der Waals surface area (Å²) in [6.07, 6.45) is 0.376. The molecule has 0 fully saturated rings. The number of hydrogen-bond donors (Lipinski definition) is 3. The first-order valence-electron chi connectivity index (χ1n) is 8.18. The number of carbonyl (C=O) groups excluding carboxylic acids is 2. The molecule has 0 radical (unpaired) electrons. The molecule has 3 rings (SSSR count). The second-order valence-corrected chi connectivity index (χ2v) is 6.18. The third kappa shape index (κ3) is 3.34. The van der Waals surface area contributed by atoms with Gasteiger partial charge in [0.1, 0.15) is 6.04 Å². The van der Waals surface area contributed by atoms with Gasteiger partial charge in [-0.05, 0) is 29.7 Å². The van der Waals surface area contributed by atoms with E-state index >= 15 is 0 Å². The smallest absolute Gasteiger partial charge is 0.312 e. The van der Waals surface area contributed by atoms with E-state index in [0.29, 0.717) is 6.42 Å². The Kier molecular flexibility index (Phi) is 4.72. The van der Waals surface area contributed by atoms with Gasteiger partial charge in [-0.1, -0.05) is 42.5 Å². The summed E-state index contributed by atoms with van der Waals surface area (Å²) >= 11 is 0. The zero-order chi connectivity index (χ0) is 18.0. The van der Waals surface area contributed by atoms with E-state index in [1.54, 1.807) is 4.90 Å². The van der Waals surface area contributed by atoms with Crippen molar-refractivity contribution < 1.29 is 14.7 Å². The van der Waals surface area contributed by atoms with Crippen LogP contribution in [0.15, 0.2) is 48.5 Å². The van der Waals surface area contributed by atoms with Crippen LogP contribution in [-0.2, 0) is 17.8 Å². The average molecular weight is 339 g/mol. The summed E-state index contributed by atoms with van der Waals surface area (Å²) in [5, 5.41) is 12.0. The predicted molar refractivity (Wildman–Crippen MR) is 94.9 cm³/mol. The van der Waals surface area contributed by atoms with Gasteiger partial charge in [-0.2, -0.15) is 0 Å². The third-order valence-electron chi connectivity index (χ3n) is 4.54. The molecule has 0 bridgehead atoms. The van der Waals surface area contributed by atoms with Crippen LogP contribution >= 0.6 is 0 Å². The van der Waals surface area contributed by atoms with Crippen molar-refractivity contribution in [3.63, 3.8) is 0 Å². The van der Waals surface area contributed by atoms with Crippen LogP contribution in [-0.4, -0.2) is 23.1 Å². The first kappa shape index (κ1) is 17.0. The van der Waals surface area contributed by atoms with Gasteiger partial charge in [-0.3, -0.25) is 4.79 Å². The molecule has 0 aromatic heterocycles. The Morgan fingerprint density at radius 1 is 1.32 bits per heavy atom. The zero-order valence-corrected chi connectivity index (χ0v) is 14.0. The lowest BCUT2D eigenvalue weighted by Crippen LogP contribution is -2.54. The molecule has 1 aliphatic rings. The van der Waals surface area contributed by atoms with Gasteiger partial charge in [0.2, 0.25) is 0 Å². The number of aliphatic hydroxyl groups is 1. The maximum absolute atomic E-state index is 13.0. The number of nitrogens with one attached hydrogen (secondary N) is 1. The second kappa shape index (κ2) is 6.94. The van der Waals surface area contributed by atoms with Gasteiger partial charge in [0.25, 0.3) is 5.91 Å². The number of amides is 3. The number of anilines is 1. The molecule has 130 valence electrons. The highest BCUT2D eigenvalue weighted by Gasteiger charge is 2.36. The van der Waals surface area contributed by atoms with Crippen molar-refractivity contribution in [3.8, 4) is 0 Å². The highest BCUT2D eigenvalue weighted by Crippen LogP contribution is 2.35. The summed E-state index contributed by atoms with van der Waals surface area (Å²) in [6.45, 7) is 1.84. The standard InChI is InChI=1S/C19H21N3O3/c1-12(14-5-3-2-4-6-14)22-17-9-13(11-23)7-8-15(17)10-16(18(22)24)21-19(20)25/h2-9,12,16,23H,10-11H2,1H3,(H3,20,21,25)/t12-,16+/m0/s1. The van der Waals surface area contributed by atoms with Gasteiger partial charge in [-0.25, -0.2) is 4.79 Å². The molecule has 2 atom stereocenters. The van der Waals surface area contributed by atoms with E-state index in [4.69, 9.17) is 5.73 Å². The van der Waals surface area contributed by atoms with Crippen LogP contribution in [0, 0.1) is 0 Å². The van der Waals surface area contributed by atoms with Crippen LogP contribution in [0.4, 0.5) is 10.5 Å². The van der Waals surface area contributed by atoms with Crippen molar-refractivity contribution >= 4 is 17.6 Å². The lowest BCUT2D eigenvalue weighted by molar-refractivity contribution is -0.121. The van der Waals surface area contributed by atoms with Crippen molar-refractivity contribution in [2.45, 2.75) is 32.0 Å². The zero-order valence-electron chi connectivity index (χ0n) is 14.0. The molecule has 0 spiro atoms. The summed E-state index contributed by atoms with van der Waals surface area (Å²) in [4.78, 5) is 26.0. The molecule has 0 aliphatic carbocycles. The van der Waals surface area contributed by atoms with Crippen LogP contribution in [0.1, 0.15) is 29.7 Å². The normalized spacial score (nSPS) is 17.8. The van der Waals surface area contributed by atoms with Gasteiger partial charge in [0, 0.05) is 12.1 Å². The summed E-state index contributed by atoms with van der Waals surface area (Å²) in [7, 11) is 0. The molecular weight excluding hydrogens is 318 g/mol. The van der Waals surface area contributed by atoms with Crippen molar-refractivity contribution in [3.05, 3.63) is 65.2 Å². The van der Waals surface area contributed by atoms with E-state index < -0.39 is 12.1 Å². The Hall–Kier alpha value is -2.86. The Labute approximate surface area is 146 Å². The van der Waals surface area contributed by atoms with E-state index in [0.717, 1.165) is 22.4 Å². The monoisotopic (exact) mass is 339 g/mol. The largest absolute Gasteiger partial charge is 0.392 e.